The minimum Gasteiger partial charge on any atom is -0.352 e. The Hall–Kier alpha value is -0.960. The summed E-state index contributed by atoms with van der Waals surface area (Å²) < 4.78 is 0. The third-order valence-electron chi connectivity index (χ3n) is 4.31. The summed E-state index contributed by atoms with van der Waals surface area (Å²) >= 11 is 1.63. The second-order valence-electron chi connectivity index (χ2n) is 5.97. The molecule has 0 saturated heterocycles. The van der Waals surface area contributed by atoms with Gasteiger partial charge in [0, 0.05) is 10.9 Å². The number of hydrogen-bond acceptors (Lipinski definition) is 2. The number of thioether (sulfide) groups is 1. The molecule has 0 heterocycles. The third-order valence-corrected chi connectivity index (χ3v) is 5.30. The molecule has 1 aromatic rings. The lowest BCUT2D eigenvalue weighted by molar-refractivity contribution is -0.119. The first-order chi connectivity index (χ1) is 9.56. The molecule has 1 aromatic carbocycles. The molecule has 1 saturated carbocycles. The number of aryl methyl sites for hydroxylation is 2. The largest absolute Gasteiger partial charge is 0.352 e. The first kappa shape index (κ1) is 15.4. The zero-order valence-electron chi connectivity index (χ0n) is 12.7. The Kier molecular flexibility index (Phi) is 5.53. The minimum atomic E-state index is 0.173. The summed E-state index contributed by atoms with van der Waals surface area (Å²) in [5, 5.41) is 3.21. The second kappa shape index (κ2) is 7.16. The molecular formula is C17H25NOS. The van der Waals surface area contributed by atoms with Gasteiger partial charge in [0.1, 0.15) is 0 Å². The lowest BCUT2D eigenvalue weighted by atomic mass is 9.86. The van der Waals surface area contributed by atoms with Gasteiger partial charge in [-0.2, -0.15) is 0 Å². The SMILES string of the molecule is Cc1ccc(SCC(=O)N[C@@H]2CCCC[C@H]2C)cc1C. The van der Waals surface area contributed by atoms with E-state index in [2.05, 4.69) is 44.3 Å². The fourth-order valence-electron chi connectivity index (χ4n) is 2.73. The van der Waals surface area contributed by atoms with E-state index in [-0.39, 0.29) is 5.91 Å². The molecule has 20 heavy (non-hydrogen) atoms. The normalized spacial score (nSPS) is 22.6. The lowest BCUT2D eigenvalue weighted by Gasteiger charge is -2.29. The monoisotopic (exact) mass is 291 g/mol. The van der Waals surface area contributed by atoms with Crippen LogP contribution in [0.1, 0.15) is 43.7 Å². The van der Waals surface area contributed by atoms with Crippen LogP contribution >= 0.6 is 11.8 Å². The molecule has 2 atom stereocenters. The second-order valence-corrected chi connectivity index (χ2v) is 7.02. The average molecular weight is 291 g/mol. The molecule has 2 rings (SSSR count). The Morgan fingerprint density at radius 3 is 2.70 bits per heavy atom. The molecule has 0 radical (unpaired) electrons. The Morgan fingerprint density at radius 1 is 1.25 bits per heavy atom. The average Bonchev–Trinajstić information content (AvgIpc) is 2.43. The van der Waals surface area contributed by atoms with E-state index < -0.39 is 0 Å². The fraction of sp³-hybridized carbons (Fsp3) is 0.588. The van der Waals surface area contributed by atoms with Crippen molar-refractivity contribution in [1.82, 2.24) is 5.32 Å². The maximum Gasteiger partial charge on any atom is 0.230 e. The standard InChI is InChI=1S/C17H25NOS/c1-12-8-9-15(10-14(12)3)20-11-17(19)18-16-7-5-4-6-13(16)2/h8-10,13,16H,4-7,11H2,1-3H3,(H,18,19)/t13-,16-/m1/s1. The highest BCUT2D eigenvalue weighted by molar-refractivity contribution is 8.00. The van der Waals surface area contributed by atoms with Crippen LogP contribution in [-0.2, 0) is 4.79 Å². The fourth-order valence-corrected chi connectivity index (χ4v) is 3.54. The van der Waals surface area contributed by atoms with Crippen LogP contribution in [0.15, 0.2) is 23.1 Å². The Balaban J connectivity index is 1.81. The number of carbonyl (C=O) groups excluding carboxylic acids is 1. The van der Waals surface area contributed by atoms with Crippen molar-refractivity contribution in [2.75, 3.05) is 5.75 Å². The predicted octanol–water partition coefficient (Wildman–Crippen LogP) is 4.09. The maximum absolute atomic E-state index is 12.1. The van der Waals surface area contributed by atoms with Gasteiger partial charge in [0.05, 0.1) is 5.75 Å². The maximum atomic E-state index is 12.1. The molecule has 110 valence electrons. The van der Waals surface area contributed by atoms with E-state index in [0.29, 0.717) is 17.7 Å². The van der Waals surface area contributed by atoms with Gasteiger partial charge in [0.25, 0.3) is 0 Å². The van der Waals surface area contributed by atoms with Crippen molar-refractivity contribution in [1.29, 1.82) is 0 Å². The van der Waals surface area contributed by atoms with Crippen molar-refractivity contribution in [3.05, 3.63) is 29.3 Å². The van der Waals surface area contributed by atoms with Crippen LogP contribution in [0.3, 0.4) is 0 Å². The zero-order chi connectivity index (χ0) is 14.5. The number of amides is 1. The van der Waals surface area contributed by atoms with Crippen LogP contribution in [0.25, 0.3) is 0 Å². The topological polar surface area (TPSA) is 29.1 Å². The van der Waals surface area contributed by atoms with Gasteiger partial charge in [-0.1, -0.05) is 25.8 Å². The summed E-state index contributed by atoms with van der Waals surface area (Å²) in [5.41, 5.74) is 2.59. The van der Waals surface area contributed by atoms with E-state index >= 15 is 0 Å². The Morgan fingerprint density at radius 2 is 2.00 bits per heavy atom. The molecule has 0 unspecified atom stereocenters. The highest BCUT2D eigenvalue weighted by Gasteiger charge is 2.22. The van der Waals surface area contributed by atoms with Crippen LogP contribution in [-0.4, -0.2) is 17.7 Å². The van der Waals surface area contributed by atoms with Crippen molar-refractivity contribution >= 4 is 17.7 Å². The lowest BCUT2D eigenvalue weighted by Crippen LogP contribution is -2.41. The van der Waals surface area contributed by atoms with Gasteiger partial charge in [-0.15, -0.1) is 11.8 Å². The molecule has 0 aromatic heterocycles. The molecule has 0 bridgehead atoms. The van der Waals surface area contributed by atoms with Crippen molar-refractivity contribution in [2.24, 2.45) is 5.92 Å². The minimum absolute atomic E-state index is 0.173. The van der Waals surface area contributed by atoms with Crippen molar-refractivity contribution in [3.8, 4) is 0 Å². The number of carbonyl (C=O) groups is 1. The molecular weight excluding hydrogens is 266 g/mol. The quantitative estimate of drug-likeness (QED) is 0.847. The van der Waals surface area contributed by atoms with Gasteiger partial charge in [-0.3, -0.25) is 4.79 Å². The molecule has 1 aliphatic rings. The van der Waals surface area contributed by atoms with E-state index in [1.807, 2.05) is 0 Å². The van der Waals surface area contributed by atoms with Crippen LogP contribution in [0.4, 0.5) is 0 Å². The molecule has 2 nitrogen and oxygen atoms in total. The van der Waals surface area contributed by atoms with Gasteiger partial charge in [0.15, 0.2) is 0 Å². The molecule has 3 heteroatoms. The third kappa shape index (κ3) is 4.27. The zero-order valence-corrected chi connectivity index (χ0v) is 13.6. The summed E-state index contributed by atoms with van der Waals surface area (Å²) in [6, 6.07) is 6.77. The molecule has 0 aliphatic heterocycles. The van der Waals surface area contributed by atoms with Crippen LogP contribution in [0.2, 0.25) is 0 Å². The highest BCUT2D eigenvalue weighted by Crippen LogP contribution is 2.24. The van der Waals surface area contributed by atoms with Crippen LogP contribution < -0.4 is 5.32 Å². The van der Waals surface area contributed by atoms with Crippen molar-refractivity contribution in [2.45, 2.75) is 57.4 Å². The molecule has 1 aliphatic carbocycles. The first-order valence-electron chi connectivity index (χ1n) is 7.55. The van der Waals surface area contributed by atoms with Crippen molar-refractivity contribution < 1.29 is 4.79 Å². The summed E-state index contributed by atoms with van der Waals surface area (Å²) in [5.74, 6) is 1.32. The van der Waals surface area contributed by atoms with Crippen LogP contribution in [0, 0.1) is 19.8 Å². The van der Waals surface area contributed by atoms with Gasteiger partial charge >= 0.3 is 0 Å². The predicted molar refractivity (Wildman–Crippen MR) is 86.2 cm³/mol. The molecule has 1 fully saturated rings. The van der Waals surface area contributed by atoms with Crippen molar-refractivity contribution in [3.63, 3.8) is 0 Å². The van der Waals surface area contributed by atoms with E-state index in [4.69, 9.17) is 0 Å². The number of hydrogen-bond donors (Lipinski definition) is 1. The van der Waals surface area contributed by atoms with Gasteiger partial charge < -0.3 is 5.32 Å². The number of rotatable bonds is 4. The first-order valence-corrected chi connectivity index (χ1v) is 8.54. The number of nitrogens with one attached hydrogen (secondary N) is 1. The Labute approximate surface area is 126 Å². The summed E-state index contributed by atoms with van der Waals surface area (Å²) in [4.78, 5) is 13.2. The summed E-state index contributed by atoms with van der Waals surface area (Å²) in [7, 11) is 0. The van der Waals surface area contributed by atoms with Gasteiger partial charge in [-0.25, -0.2) is 0 Å². The molecule has 1 N–H and O–H groups in total. The summed E-state index contributed by atoms with van der Waals surface area (Å²) in [6.07, 6.45) is 4.95. The van der Waals surface area contributed by atoms with Crippen LogP contribution in [0.5, 0.6) is 0 Å². The molecule has 0 spiro atoms. The van der Waals surface area contributed by atoms with E-state index in [1.54, 1.807) is 11.8 Å². The van der Waals surface area contributed by atoms with Gasteiger partial charge in [-0.05, 0) is 55.9 Å². The van der Waals surface area contributed by atoms with Gasteiger partial charge in [0.2, 0.25) is 5.91 Å². The van der Waals surface area contributed by atoms with E-state index in [9.17, 15) is 4.79 Å². The summed E-state index contributed by atoms with van der Waals surface area (Å²) in [6.45, 7) is 6.48. The Bertz CT molecular complexity index is 472. The van der Waals surface area contributed by atoms with E-state index in [1.165, 1.54) is 35.3 Å². The smallest absolute Gasteiger partial charge is 0.230 e. The van der Waals surface area contributed by atoms with E-state index in [0.717, 1.165) is 6.42 Å². The molecule has 1 amide bonds. The number of benzene rings is 1. The highest BCUT2D eigenvalue weighted by atomic mass is 32.2.